The highest BCUT2D eigenvalue weighted by molar-refractivity contribution is 5.88. The van der Waals surface area contributed by atoms with E-state index in [0.717, 1.165) is 23.6 Å². The lowest BCUT2D eigenvalue weighted by atomic mass is 9.75. The molecule has 0 amide bonds. The minimum Gasteiger partial charge on any atom is -0.497 e. The quantitative estimate of drug-likeness (QED) is 0.625. The number of rotatable bonds is 5. The van der Waals surface area contributed by atoms with Crippen molar-refractivity contribution in [2.24, 2.45) is 17.0 Å². The van der Waals surface area contributed by atoms with Crippen LogP contribution in [-0.2, 0) is 0 Å². The normalized spacial score (nSPS) is 24.2. The van der Waals surface area contributed by atoms with E-state index < -0.39 is 0 Å². The van der Waals surface area contributed by atoms with Crippen molar-refractivity contribution in [1.82, 2.24) is 0 Å². The van der Waals surface area contributed by atoms with Crippen molar-refractivity contribution in [2.75, 3.05) is 14.2 Å². The van der Waals surface area contributed by atoms with Gasteiger partial charge in [-0.05, 0) is 54.4 Å². The lowest BCUT2D eigenvalue weighted by molar-refractivity contribution is -0.743. The Labute approximate surface area is 161 Å². The molecule has 3 rings (SSSR count). The molecule has 0 unspecified atom stereocenters. The van der Waals surface area contributed by atoms with E-state index in [9.17, 15) is 5.21 Å². The van der Waals surface area contributed by atoms with Gasteiger partial charge in [0.1, 0.15) is 23.6 Å². The molecule has 1 aliphatic heterocycles. The van der Waals surface area contributed by atoms with Gasteiger partial charge >= 0.3 is 0 Å². The van der Waals surface area contributed by atoms with Gasteiger partial charge in [0.15, 0.2) is 0 Å². The van der Waals surface area contributed by atoms with Gasteiger partial charge in [-0.25, -0.2) is 0 Å². The van der Waals surface area contributed by atoms with E-state index in [4.69, 9.17) is 9.47 Å². The smallest absolute Gasteiger partial charge is 0.121 e. The third-order valence-electron chi connectivity index (χ3n) is 5.53. The summed E-state index contributed by atoms with van der Waals surface area (Å²) in [6.07, 6.45) is 0.734. The number of ether oxygens (including phenoxy) is 2. The summed E-state index contributed by atoms with van der Waals surface area (Å²) in [7, 11) is 3.35. The Balaban J connectivity index is 1.95. The van der Waals surface area contributed by atoms with Crippen molar-refractivity contribution in [2.45, 2.75) is 32.4 Å². The maximum absolute atomic E-state index is 9.74. The topological polar surface area (TPSA) is 67.7 Å². The summed E-state index contributed by atoms with van der Waals surface area (Å²) >= 11 is 0. The zero-order chi connectivity index (χ0) is 19.4. The number of oxime groups is 1. The lowest BCUT2D eigenvalue weighted by Crippen LogP contribution is -2.90. The molecule has 3 atom stereocenters. The number of methoxy groups -OCH3 is 2. The fourth-order valence-electron chi connectivity index (χ4n) is 4.14. The molecule has 0 bridgehead atoms. The van der Waals surface area contributed by atoms with Crippen LogP contribution in [0.15, 0.2) is 53.7 Å². The first-order chi connectivity index (χ1) is 13.1. The van der Waals surface area contributed by atoms with Crippen molar-refractivity contribution in [3.05, 3.63) is 59.7 Å². The summed E-state index contributed by atoms with van der Waals surface area (Å²) in [6.45, 7) is 4.38. The zero-order valence-electron chi connectivity index (χ0n) is 16.4. The average Bonchev–Trinajstić information content (AvgIpc) is 2.72. The Bertz CT molecular complexity index is 769. The summed E-state index contributed by atoms with van der Waals surface area (Å²) in [4.78, 5) is 0. The molecule has 5 nitrogen and oxygen atoms in total. The van der Waals surface area contributed by atoms with Crippen LogP contribution in [0.4, 0.5) is 0 Å². The van der Waals surface area contributed by atoms with E-state index in [-0.39, 0.29) is 18.0 Å². The fourth-order valence-corrected chi connectivity index (χ4v) is 4.14. The molecule has 5 heteroatoms. The monoisotopic (exact) mass is 369 g/mol. The van der Waals surface area contributed by atoms with Gasteiger partial charge < -0.3 is 20.0 Å². The molecule has 1 saturated heterocycles. The van der Waals surface area contributed by atoms with Crippen molar-refractivity contribution in [1.29, 1.82) is 0 Å². The number of nitrogens with zero attached hydrogens (tertiary/aromatic N) is 1. The third kappa shape index (κ3) is 4.08. The average molecular weight is 369 g/mol. The second kappa shape index (κ2) is 8.44. The molecule has 144 valence electrons. The minimum atomic E-state index is 0.179. The molecular formula is C22H29N2O3+. The summed E-state index contributed by atoms with van der Waals surface area (Å²) in [5.74, 6) is 2.24. The zero-order valence-corrected chi connectivity index (χ0v) is 16.4. The lowest BCUT2D eigenvalue weighted by Gasteiger charge is -2.37. The van der Waals surface area contributed by atoms with E-state index >= 15 is 0 Å². The van der Waals surface area contributed by atoms with Crippen LogP contribution in [0.5, 0.6) is 11.5 Å². The van der Waals surface area contributed by atoms with Gasteiger partial charge in [-0.15, -0.1) is 0 Å². The molecule has 0 spiro atoms. The van der Waals surface area contributed by atoms with Crippen molar-refractivity contribution < 1.29 is 20.0 Å². The van der Waals surface area contributed by atoms with Crippen LogP contribution in [0.1, 0.15) is 43.5 Å². The molecule has 3 N–H and O–H groups in total. The molecular weight excluding hydrogens is 340 g/mol. The molecule has 0 aromatic heterocycles. The van der Waals surface area contributed by atoms with Gasteiger partial charge in [0.2, 0.25) is 0 Å². The Morgan fingerprint density at radius 1 is 0.926 bits per heavy atom. The third-order valence-corrected chi connectivity index (χ3v) is 5.53. The van der Waals surface area contributed by atoms with Crippen molar-refractivity contribution >= 4 is 5.71 Å². The largest absolute Gasteiger partial charge is 0.497 e. The van der Waals surface area contributed by atoms with Gasteiger partial charge in [-0.1, -0.05) is 19.0 Å². The highest BCUT2D eigenvalue weighted by Gasteiger charge is 2.41. The van der Waals surface area contributed by atoms with Gasteiger partial charge in [0.25, 0.3) is 0 Å². The first kappa shape index (κ1) is 19.2. The molecule has 0 saturated carbocycles. The highest BCUT2D eigenvalue weighted by atomic mass is 16.5. The maximum Gasteiger partial charge on any atom is 0.121 e. The van der Waals surface area contributed by atoms with E-state index in [0.29, 0.717) is 5.92 Å². The van der Waals surface area contributed by atoms with Crippen molar-refractivity contribution in [3.8, 4) is 11.5 Å². The Hall–Kier alpha value is -2.53. The van der Waals surface area contributed by atoms with Crippen LogP contribution in [0.3, 0.4) is 0 Å². The summed E-state index contributed by atoms with van der Waals surface area (Å²) in [5, 5.41) is 15.9. The van der Waals surface area contributed by atoms with Gasteiger partial charge in [0.05, 0.1) is 25.8 Å². The van der Waals surface area contributed by atoms with E-state index in [1.54, 1.807) is 14.2 Å². The summed E-state index contributed by atoms with van der Waals surface area (Å²) in [5.41, 5.74) is 3.29. The van der Waals surface area contributed by atoms with Crippen LogP contribution >= 0.6 is 0 Å². The number of nitrogens with two attached hydrogens (primary N) is 1. The van der Waals surface area contributed by atoms with Crippen LogP contribution in [0, 0.1) is 11.8 Å². The van der Waals surface area contributed by atoms with Crippen LogP contribution in [0.2, 0.25) is 0 Å². The number of piperidine rings is 1. The molecule has 1 aliphatic rings. The number of hydrogen-bond acceptors (Lipinski definition) is 4. The van der Waals surface area contributed by atoms with E-state index in [2.05, 4.69) is 48.6 Å². The number of hydrogen-bond donors (Lipinski definition) is 2. The van der Waals surface area contributed by atoms with Gasteiger partial charge in [0, 0.05) is 17.5 Å². The van der Waals surface area contributed by atoms with Crippen LogP contribution < -0.4 is 14.8 Å². The minimum absolute atomic E-state index is 0.179. The standard InChI is InChI=1S/C22H28N2O3/c1-14(2)21-20(24-25)13-19(15-5-9-17(26-3)10-6-15)23-22(21)16-7-11-18(27-4)12-8-16/h5-12,14,19,21-23,25H,13H2,1-4H3/p+1/b24-20+/t19-,21+,22-/m0/s1. The van der Waals surface area contributed by atoms with Crippen LogP contribution in [-0.4, -0.2) is 25.1 Å². The summed E-state index contributed by atoms with van der Waals surface area (Å²) in [6, 6.07) is 16.7. The molecule has 0 radical (unpaired) electrons. The first-order valence-corrected chi connectivity index (χ1v) is 9.41. The summed E-state index contributed by atoms with van der Waals surface area (Å²) < 4.78 is 10.6. The second-order valence-electron chi connectivity index (χ2n) is 7.44. The van der Waals surface area contributed by atoms with Crippen molar-refractivity contribution in [3.63, 3.8) is 0 Å². The Kier molecular flexibility index (Phi) is 6.01. The SMILES string of the molecule is COc1ccc([C@@H]2C/C(=N\O)[C@@H](C(C)C)[C@H](c3ccc(OC)cc3)[NH2+]2)cc1. The molecule has 27 heavy (non-hydrogen) atoms. The molecule has 2 aromatic carbocycles. The fraction of sp³-hybridized carbons (Fsp3) is 0.409. The van der Waals surface area contributed by atoms with Gasteiger partial charge in [-0.3, -0.25) is 0 Å². The Morgan fingerprint density at radius 3 is 1.89 bits per heavy atom. The second-order valence-corrected chi connectivity index (χ2v) is 7.44. The van der Waals surface area contributed by atoms with Crippen LogP contribution in [0.25, 0.3) is 0 Å². The maximum atomic E-state index is 9.74. The molecule has 2 aromatic rings. The first-order valence-electron chi connectivity index (χ1n) is 9.41. The van der Waals surface area contributed by atoms with E-state index in [1.807, 2.05) is 24.3 Å². The molecule has 1 heterocycles. The van der Waals surface area contributed by atoms with Gasteiger partial charge in [-0.2, -0.15) is 0 Å². The predicted octanol–water partition coefficient (Wildman–Crippen LogP) is 3.56. The Morgan fingerprint density at radius 2 is 1.44 bits per heavy atom. The van der Waals surface area contributed by atoms with E-state index in [1.165, 1.54) is 11.1 Å². The predicted molar refractivity (Wildman–Crippen MR) is 106 cm³/mol. The number of benzene rings is 2. The number of quaternary nitrogens is 1. The highest BCUT2D eigenvalue weighted by Crippen LogP contribution is 2.35. The molecule has 0 aliphatic carbocycles. The molecule has 1 fully saturated rings.